The van der Waals surface area contributed by atoms with Crippen LogP contribution in [0, 0.1) is 24.2 Å². The van der Waals surface area contributed by atoms with Gasteiger partial charge in [0, 0.05) is 38.3 Å². The van der Waals surface area contributed by atoms with Gasteiger partial charge in [0.05, 0.1) is 16.6 Å². The zero-order valence-electron chi connectivity index (χ0n) is 14.5. The number of nitriles is 1. The number of imidazole rings is 1. The van der Waals surface area contributed by atoms with Crippen LogP contribution in [0.5, 0.6) is 0 Å². The van der Waals surface area contributed by atoms with Gasteiger partial charge < -0.3 is 14.6 Å². The van der Waals surface area contributed by atoms with Crippen molar-refractivity contribution in [1.29, 1.82) is 5.26 Å². The SMILES string of the molecule is CCn1ccnc1C(Nc1ncc(Cl)c(C)c1C#N)C1CCOCC1. The van der Waals surface area contributed by atoms with Crippen LogP contribution in [-0.2, 0) is 11.3 Å². The fourth-order valence-electron chi connectivity index (χ4n) is 3.28. The molecule has 0 aromatic carbocycles. The van der Waals surface area contributed by atoms with Gasteiger partial charge in [-0.1, -0.05) is 11.6 Å². The van der Waals surface area contributed by atoms with Crippen molar-refractivity contribution in [3.05, 3.63) is 40.6 Å². The molecule has 0 aliphatic carbocycles. The van der Waals surface area contributed by atoms with Crippen molar-refractivity contribution in [2.75, 3.05) is 18.5 Å². The molecule has 1 N–H and O–H groups in total. The Balaban J connectivity index is 1.98. The molecule has 3 rings (SSSR count). The molecule has 7 heteroatoms. The summed E-state index contributed by atoms with van der Waals surface area (Å²) < 4.78 is 7.64. The monoisotopic (exact) mass is 359 g/mol. The lowest BCUT2D eigenvalue weighted by molar-refractivity contribution is 0.0593. The van der Waals surface area contributed by atoms with E-state index in [0.717, 1.165) is 44.0 Å². The van der Waals surface area contributed by atoms with Gasteiger partial charge in [0.2, 0.25) is 0 Å². The van der Waals surface area contributed by atoms with Crippen LogP contribution in [0.1, 0.15) is 42.8 Å². The Morgan fingerprint density at radius 3 is 2.88 bits per heavy atom. The Morgan fingerprint density at radius 1 is 1.44 bits per heavy atom. The number of nitrogens with zero attached hydrogens (tertiary/aromatic N) is 4. The van der Waals surface area contributed by atoms with Crippen LogP contribution in [0.2, 0.25) is 5.02 Å². The quantitative estimate of drug-likeness (QED) is 0.880. The van der Waals surface area contributed by atoms with Crippen LogP contribution < -0.4 is 5.32 Å². The zero-order valence-corrected chi connectivity index (χ0v) is 15.3. The number of hydrogen-bond acceptors (Lipinski definition) is 5. The number of ether oxygens (including phenoxy) is 1. The summed E-state index contributed by atoms with van der Waals surface area (Å²) in [4.78, 5) is 8.95. The minimum Gasteiger partial charge on any atom is -0.381 e. The highest BCUT2D eigenvalue weighted by molar-refractivity contribution is 6.31. The van der Waals surface area contributed by atoms with Crippen molar-refractivity contribution in [3.8, 4) is 6.07 Å². The molecule has 1 aliphatic rings. The largest absolute Gasteiger partial charge is 0.381 e. The van der Waals surface area contributed by atoms with Crippen molar-refractivity contribution >= 4 is 17.4 Å². The molecule has 132 valence electrons. The topological polar surface area (TPSA) is 75.8 Å². The number of aromatic nitrogens is 3. The van der Waals surface area contributed by atoms with Gasteiger partial charge in [-0.15, -0.1) is 0 Å². The molecular weight excluding hydrogens is 338 g/mol. The summed E-state index contributed by atoms with van der Waals surface area (Å²) in [5.41, 5.74) is 1.23. The van der Waals surface area contributed by atoms with E-state index in [-0.39, 0.29) is 6.04 Å². The van der Waals surface area contributed by atoms with E-state index in [9.17, 15) is 5.26 Å². The van der Waals surface area contributed by atoms with E-state index in [4.69, 9.17) is 16.3 Å². The Hall–Kier alpha value is -2.10. The number of hydrogen-bond donors (Lipinski definition) is 1. The van der Waals surface area contributed by atoms with E-state index in [1.807, 2.05) is 19.3 Å². The highest BCUT2D eigenvalue weighted by Crippen LogP contribution is 2.34. The van der Waals surface area contributed by atoms with Gasteiger partial charge in [0.25, 0.3) is 0 Å². The van der Waals surface area contributed by atoms with Crippen molar-refractivity contribution in [2.24, 2.45) is 5.92 Å². The van der Waals surface area contributed by atoms with Gasteiger partial charge in [0.15, 0.2) is 0 Å². The Morgan fingerprint density at radius 2 is 2.20 bits per heavy atom. The van der Waals surface area contributed by atoms with Crippen molar-refractivity contribution in [1.82, 2.24) is 14.5 Å². The third-order valence-electron chi connectivity index (χ3n) is 4.78. The molecular formula is C18H22ClN5O. The van der Waals surface area contributed by atoms with E-state index in [2.05, 4.69) is 32.8 Å². The molecule has 0 radical (unpaired) electrons. The number of rotatable bonds is 5. The zero-order chi connectivity index (χ0) is 17.8. The van der Waals surface area contributed by atoms with Crippen molar-refractivity contribution < 1.29 is 4.74 Å². The highest BCUT2D eigenvalue weighted by atomic mass is 35.5. The van der Waals surface area contributed by atoms with Crippen LogP contribution in [0.4, 0.5) is 5.82 Å². The number of anilines is 1. The second-order valence-corrected chi connectivity index (χ2v) is 6.62. The number of aryl methyl sites for hydroxylation is 1. The van der Waals surface area contributed by atoms with Gasteiger partial charge in [-0.2, -0.15) is 5.26 Å². The molecule has 6 nitrogen and oxygen atoms in total. The van der Waals surface area contributed by atoms with Crippen LogP contribution in [0.25, 0.3) is 0 Å². The lowest BCUT2D eigenvalue weighted by Crippen LogP contribution is -2.30. The van der Waals surface area contributed by atoms with E-state index >= 15 is 0 Å². The molecule has 0 spiro atoms. The standard InChI is InChI=1S/C18H22ClN5O/c1-3-24-7-6-21-18(24)16(13-4-8-25-9-5-13)23-17-14(10-20)12(2)15(19)11-22-17/h6-7,11,13,16H,3-5,8-9H2,1-2H3,(H,22,23). The van der Waals surface area contributed by atoms with Gasteiger partial charge in [-0.3, -0.25) is 0 Å². The minimum absolute atomic E-state index is 0.0287. The van der Waals surface area contributed by atoms with Crippen molar-refractivity contribution in [3.63, 3.8) is 0 Å². The Bertz CT molecular complexity index is 776. The Kier molecular flexibility index (Phi) is 5.57. The van der Waals surface area contributed by atoms with Crippen LogP contribution in [-0.4, -0.2) is 27.7 Å². The first-order chi connectivity index (χ1) is 12.2. The molecule has 1 aliphatic heterocycles. The highest BCUT2D eigenvalue weighted by Gasteiger charge is 2.29. The van der Waals surface area contributed by atoms with E-state index < -0.39 is 0 Å². The third-order valence-corrected chi connectivity index (χ3v) is 5.17. The minimum atomic E-state index is -0.0287. The molecule has 0 saturated carbocycles. The fraction of sp³-hybridized carbons (Fsp3) is 0.500. The molecule has 1 fully saturated rings. The smallest absolute Gasteiger partial charge is 0.144 e. The number of halogens is 1. The van der Waals surface area contributed by atoms with Gasteiger partial charge in [-0.05, 0) is 38.2 Å². The third kappa shape index (κ3) is 3.63. The van der Waals surface area contributed by atoms with Gasteiger partial charge >= 0.3 is 0 Å². The second-order valence-electron chi connectivity index (χ2n) is 6.21. The van der Waals surface area contributed by atoms with E-state index in [1.54, 1.807) is 6.20 Å². The molecule has 1 saturated heterocycles. The van der Waals surface area contributed by atoms with E-state index in [0.29, 0.717) is 22.3 Å². The molecule has 25 heavy (non-hydrogen) atoms. The van der Waals surface area contributed by atoms with Crippen LogP contribution in [0.15, 0.2) is 18.6 Å². The summed E-state index contributed by atoms with van der Waals surface area (Å²) in [7, 11) is 0. The van der Waals surface area contributed by atoms with E-state index in [1.165, 1.54) is 0 Å². The maximum atomic E-state index is 9.55. The average Bonchev–Trinajstić information content (AvgIpc) is 3.11. The van der Waals surface area contributed by atoms with Crippen LogP contribution in [0.3, 0.4) is 0 Å². The predicted octanol–water partition coefficient (Wildman–Crippen LogP) is 3.71. The average molecular weight is 360 g/mol. The molecule has 1 atom stereocenters. The molecule has 2 aromatic rings. The predicted molar refractivity (Wildman–Crippen MR) is 96.5 cm³/mol. The summed E-state index contributed by atoms with van der Waals surface area (Å²) in [6.45, 7) is 6.26. The molecule has 1 unspecified atom stereocenters. The summed E-state index contributed by atoms with van der Waals surface area (Å²) in [6, 6.07) is 2.20. The number of pyridine rings is 1. The fourth-order valence-corrected chi connectivity index (χ4v) is 3.43. The Labute approximate surface area is 152 Å². The summed E-state index contributed by atoms with van der Waals surface area (Å²) in [6.07, 6.45) is 7.28. The number of nitrogens with one attached hydrogen (secondary N) is 1. The summed E-state index contributed by atoms with van der Waals surface area (Å²) >= 11 is 6.12. The first kappa shape index (κ1) is 17.7. The summed E-state index contributed by atoms with van der Waals surface area (Å²) in [5.74, 6) is 1.89. The lowest BCUT2D eigenvalue weighted by Gasteiger charge is -2.31. The first-order valence-corrected chi connectivity index (χ1v) is 8.94. The summed E-state index contributed by atoms with van der Waals surface area (Å²) in [5, 5.41) is 13.5. The van der Waals surface area contributed by atoms with Crippen molar-refractivity contribution in [2.45, 2.75) is 39.3 Å². The second kappa shape index (κ2) is 7.85. The first-order valence-electron chi connectivity index (χ1n) is 8.56. The van der Waals surface area contributed by atoms with Crippen LogP contribution >= 0.6 is 11.6 Å². The molecule has 0 amide bonds. The normalized spacial score (nSPS) is 16.4. The lowest BCUT2D eigenvalue weighted by atomic mass is 9.90. The maximum absolute atomic E-state index is 9.55. The van der Waals surface area contributed by atoms with Gasteiger partial charge in [-0.25, -0.2) is 9.97 Å². The molecule has 0 bridgehead atoms. The molecule has 3 heterocycles. The molecule has 2 aromatic heterocycles. The van der Waals surface area contributed by atoms with Gasteiger partial charge in [0.1, 0.15) is 17.7 Å². The maximum Gasteiger partial charge on any atom is 0.144 e.